The van der Waals surface area contributed by atoms with E-state index in [1.807, 2.05) is 0 Å². The molecule has 8 heteroatoms. The highest BCUT2D eigenvalue weighted by molar-refractivity contribution is 5.88. The van der Waals surface area contributed by atoms with Gasteiger partial charge < -0.3 is 15.5 Å². The maximum atomic E-state index is 13.2. The number of carbonyl (C=O) groups is 2. The van der Waals surface area contributed by atoms with Crippen LogP contribution in [-0.2, 0) is 16.1 Å². The maximum Gasteiger partial charge on any atom is 0.240 e. The van der Waals surface area contributed by atoms with Gasteiger partial charge in [0.2, 0.25) is 11.8 Å². The van der Waals surface area contributed by atoms with E-state index in [9.17, 15) is 18.4 Å². The number of amides is 2. The zero-order valence-electron chi connectivity index (χ0n) is 12.1. The number of benzene rings is 1. The molecule has 22 heavy (non-hydrogen) atoms. The third-order valence-corrected chi connectivity index (χ3v) is 3.35. The summed E-state index contributed by atoms with van der Waals surface area (Å²) in [6, 6.07) is 2.59. The molecule has 2 rings (SSSR count). The molecule has 1 heterocycles. The highest BCUT2D eigenvalue weighted by atomic mass is 35.5. The fraction of sp³-hybridized carbons (Fsp3) is 0.429. The molecule has 1 aliphatic heterocycles. The fourth-order valence-electron chi connectivity index (χ4n) is 2.32. The molecule has 0 bridgehead atoms. The van der Waals surface area contributed by atoms with Crippen LogP contribution >= 0.6 is 12.4 Å². The van der Waals surface area contributed by atoms with E-state index in [-0.39, 0.29) is 37.2 Å². The molecule has 2 amide bonds. The summed E-state index contributed by atoms with van der Waals surface area (Å²) in [5.74, 6) is -1.82. The number of hydrogen-bond donors (Lipinski definition) is 2. The van der Waals surface area contributed by atoms with Crippen molar-refractivity contribution >= 4 is 24.2 Å². The standard InChI is InChI=1S/C14H17F2N3O2.ClH/c1-17-13(20)7-12-14(21)19(3-2-18-12)8-9-4-10(15)6-11(16)5-9;/h4-6,12,18H,2-3,7-8H2,1H3,(H,17,20);1H. The van der Waals surface area contributed by atoms with E-state index in [0.29, 0.717) is 18.7 Å². The number of piperazine rings is 1. The Labute approximate surface area is 133 Å². The SMILES string of the molecule is CNC(=O)CC1NCCN(Cc2cc(F)cc(F)c2)C1=O.Cl. The lowest BCUT2D eigenvalue weighted by Crippen LogP contribution is -2.55. The van der Waals surface area contributed by atoms with E-state index < -0.39 is 17.7 Å². The van der Waals surface area contributed by atoms with Crippen molar-refractivity contribution in [1.29, 1.82) is 0 Å². The van der Waals surface area contributed by atoms with E-state index in [1.54, 1.807) is 0 Å². The van der Waals surface area contributed by atoms with Crippen molar-refractivity contribution in [1.82, 2.24) is 15.5 Å². The Morgan fingerprint density at radius 3 is 2.59 bits per heavy atom. The molecule has 1 unspecified atom stereocenters. The van der Waals surface area contributed by atoms with Crippen LogP contribution in [-0.4, -0.2) is 42.9 Å². The lowest BCUT2D eigenvalue weighted by molar-refractivity contribution is -0.138. The molecule has 1 saturated heterocycles. The van der Waals surface area contributed by atoms with Crippen molar-refractivity contribution < 1.29 is 18.4 Å². The molecule has 0 spiro atoms. The molecule has 1 aromatic carbocycles. The third kappa shape index (κ3) is 4.64. The molecule has 0 aliphatic carbocycles. The summed E-state index contributed by atoms with van der Waals surface area (Å²) in [4.78, 5) is 25.1. The minimum Gasteiger partial charge on any atom is -0.359 e. The number of halogens is 3. The largest absolute Gasteiger partial charge is 0.359 e. The van der Waals surface area contributed by atoms with Crippen molar-refractivity contribution in [2.45, 2.75) is 19.0 Å². The number of nitrogens with zero attached hydrogens (tertiary/aromatic N) is 1. The molecule has 122 valence electrons. The second-order valence-electron chi connectivity index (χ2n) is 4.92. The van der Waals surface area contributed by atoms with Crippen LogP contribution < -0.4 is 10.6 Å². The average Bonchev–Trinajstić information content (AvgIpc) is 2.42. The Kier molecular flexibility index (Phi) is 6.70. The van der Waals surface area contributed by atoms with Gasteiger partial charge in [-0.05, 0) is 17.7 Å². The van der Waals surface area contributed by atoms with Gasteiger partial charge in [0.1, 0.15) is 11.6 Å². The van der Waals surface area contributed by atoms with Gasteiger partial charge in [-0.3, -0.25) is 9.59 Å². The number of hydrogen-bond acceptors (Lipinski definition) is 3. The van der Waals surface area contributed by atoms with Crippen LogP contribution in [0, 0.1) is 11.6 Å². The van der Waals surface area contributed by atoms with Gasteiger partial charge in [0.15, 0.2) is 0 Å². The summed E-state index contributed by atoms with van der Waals surface area (Å²) in [7, 11) is 1.50. The Morgan fingerprint density at radius 2 is 2.00 bits per heavy atom. The van der Waals surface area contributed by atoms with Crippen molar-refractivity contribution in [3.63, 3.8) is 0 Å². The highest BCUT2D eigenvalue weighted by Crippen LogP contribution is 2.13. The van der Waals surface area contributed by atoms with Crippen molar-refractivity contribution in [2.24, 2.45) is 0 Å². The first-order chi connectivity index (χ1) is 9.99. The number of carbonyl (C=O) groups excluding carboxylic acids is 2. The van der Waals surface area contributed by atoms with Crippen molar-refractivity contribution in [2.75, 3.05) is 20.1 Å². The van der Waals surface area contributed by atoms with Gasteiger partial charge in [0, 0.05) is 32.7 Å². The summed E-state index contributed by atoms with van der Waals surface area (Å²) in [6.07, 6.45) is 0.0450. The summed E-state index contributed by atoms with van der Waals surface area (Å²) in [5.41, 5.74) is 0.390. The summed E-state index contributed by atoms with van der Waals surface area (Å²) in [5, 5.41) is 5.44. The highest BCUT2D eigenvalue weighted by Gasteiger charge is 2.29. The smallest absolute Gasteiger partial charge is 0.240 e. The maximum absolute atomic E-state index is 13.2. The monoisotopic (exact) mass is 333 g/mol. The lowest BCUT2D eigenvalue weighted by atomic mass is 10.1. The Bertz CT molecular complexity index is 537. The first-order valence-corrected chi connectivity index (χ1v) is 6.67. The second-order valence-corrected chi connectivity index (χ2v) is 4.92. The molecule has 1 atom stereocenters. The normalized spacial score (nSPS) is 17.9. The van der Waals surface area contributed by atoms with E-state index in [0.717, 1.165) is 6.07 Å². The minimum atomic E-state index is -0.672. The van der Waals surface area contributed by atoms with Crippen LogP contribution in [0.3, 0.4) is 0 Å². The van der Waals surface area contributed by atoms with Gasteiger partial charge in [0.25, 0.3) is 0 Å². The predicted molar refractivity (Wildman–Crippen MR) is 79.5 cm³/mol. The van der Waals surface area contributed by atoms with Gasteiger partial charge in [-0.1, -0.05) is 0 Å². The number of nitrogens with one attached hydrogen (secondary N) is 2. The fourth-order valence-corrected chi connectivity index (χ4v) is 2.32. The van der Waals surface area contributed by atoms with Crippen LogP contribution in [0.4, 0.5) is 8.78 Å². The molecule has 0 saturated carbocycles. The van der Waals surface area contributed by atoms with E-state index >= 15 is 0 Å². The molecule has 5 nitrogen and oxygen atoms in total. The van der Waals surface area contributed by atoms with Gasteiger partial charge in [-0.15, -0.1) is 12.4 Å². The lowest BCUT2D eigenvalue weighted by Gasteiger charge is -2.33. The molecule has 1 fully saturated rings. The first-order valence-electron chi connectivity index (χ1n) is 6.67. The Balaban J connectivity index is 0.00000242. The van der Waals surface area contributed by atoms with E-state index in [1.165, 1.54) is 24.1 Å². The number of rotatable bonds is 4. The van der Waals surface area contributed by atoms with E-state index in [4.69, 9.17) is 0 Å². The van der Waals surface area contributed by atoms with Gasteiger partial charge in [-0.2, -0.15) is 0 Å². The van der Waals surface area contributed by atoms with E-state index in [2.05, 4.69) is 10.6 Å². The van der Waals surface area contributed by atoms with Gasteiger partial charge in [-0.25, -0.2) is 8.78 Å². The molecular weight excluding hydrogens is 316 g/mol. The summed E-state index contributed by atoms with van der Waals surface area (Å²) in [6.45, 7) is 1.09. The van der Waals surface area contributed by atoms with Crippen LogP contribution in [0.2, 0.25) is 0 Å². The van der Waals surface area contributed by atoms with Gasteiger partial charge in [0.05, 0.1) is 12.5 Å². The van der Waals surface area contributed by atoms with Crippen LogP contribution in [0.15, 0.2) is 18.2 Å². The topological polar surface area (TPSA) is 61.4 Å². The Hall–Kier alpha value is -1.73. The molecule has 0 radical (unpaired) electrons. The van der Waals surface area contributed by atoms with Crippen LogP contribution in [0.25, 0.3) is 0 Å². The zero-order valence-corrected chi connectivity index (χ0v) is 12.9. The summed E-state index contributed by atoms with van der Waals surface area (Å²) < 4.78 is 26.3. The van der Waals surface area contributed by atoms with Gasteiger partial charge >= 0.3 is 0 Å². The molecule has 0 aromatic heterocycles. The van der Waals surface area contributed by atoms with Crippen molar-refractivity contribution in [3.05, 3.63) is 35.4 Å². The summed E-state index contributed by atoms with van der Waals surface area (Å²) >= 11 is 0. The zero-order chi connectivity index (χ0) is 15.4. The Morgan fingerprint density at radius 1 is 1.36 bits per heavy atom. The molecule has 2 N–H and O–H groups in total. The second kappa shape index (κ2) is 8.05. The average molecular weight is 334 g/mol. The van der Waals surface area contributed by atoms with Crippen molar-refractivity contribution in [3.8, 4) is 0 Å². The quantitative estimate of drug-likeness (QED) is 0.857. The van der Waals surface area contributed by atoms with Crippen LogP contribution in [0.1, 0.15) is 12.0 Å². The predicted octanol–water partition coefficient (Wildman–Crippen LogP) is 0.823. The minimum absolute atomic E-state index is 0. The first kappa shape index (κ1) is 18.3. The van der Waals surface area contributed by atoms with Crippen LogP contribution in [0.5, 0.6) is 0 Å². The molecule has 1 aliphatic rings. The molecule has 1 aromatic rings. The third-order valence-electron chi connectivity index (χ3n) is 3.35. The molecular formula is C14H18ClF2N3O2.